The Morgan fingerprint density at radius 1 is 1.06 bits per heavy atom. The lowest BCUT2D eigenvalue weighted by Gasteiger charge is -2.33. The summed E-state index contributed by atoms with van der Waals surface area (Å²) >= 11 is 0. The lowest BCUT2D eigenvalue weighted by atomic mass is 9.98. The number of nitrogens with one attached hydrogen (secondary N) is 1. The topological polar surface area (TPSA) is 137 Å². The van der Waals surface area contributed by atoms with Crippen LogP contribution in [0.1, 0.15) is 71.8 Å². The predicted octanol–water partition coefficient (Wildman–Crippen LogP) is 3.73. The fourth-order valence-corrected chi connectivity index (χ4v) is 3.71. The zero-order chi connectivity index (χ0) is 25.3. The lowest BCUT2D eigenvalue weighted by molar-refractivity contribution is -0.168. The third-order valence-electron chi connectivity index (χ3n) is 5.48. The van der Waals surface area contributed by atoms with Gasteiger partial charge >= 0.3 is 24.1 Å². The van der Waals surface area contributed by atoms with Gasteiger partial charge in [0, 0.05) is 26.3 Å². The fourth-order valence-electron chi connectivity index (χ4n) is 3.71. The number of carboxylic acids is 1. The summed E-state index contributed by atoms with van der Waals surface area (Å²) in [5, 5.41) is 13.0. The first kappa shape index (κ1) is 27.1. The van der Waals surface area contributed by atoms with Gasteiger partial charge in [-0.15, -0.1) is 0 Å². The van der Waals surface area contributed by atoms with Gasteiger partial charge in [-0.3, -0.25) is 14.9 Å². The molecule has 0 bridgehead atoms. The first-order valence-electron chi connectivity index (χ1n) is 11.4. The molecule has 2 rings (SSSR count). The molecule has 1 aromatic rings. The second kappa shape index (κ2) is 12.4. The molecular weight excluding hydrogens is 446 g/mol. The van der Waals surface area contributed by atoms with Crippen molar-refractivity contribution in [2.75, 3.05) is 0 Å². The summed E-state index contributed by atoms with van der Waals surface area (Å²) < 4.78 is 21.0. The average molecular weight is 480 g/mol. The zero-order valence-electron chi connectivity index (χ0n) is 20.0. The monoisotopic (exact) mass is 479 g/mol. The van der Waals surface area contributed by atoms with Gasteiger partial charge in [-0.05, 0) is 56.7 Å². The molecule has 0 radical (unpaired) electrons. The van der Waals surface area contributed by atoms with Crippen molar-refractivity contribution >= 4 is 24.1 Å². The number of hydrogen-bond donors (Lipinski definition) is 2. The van der Waals surface area contributed by atoms with Crippen molar-refractivity contribution in [2.45, 2.75) is 90.5 Å². The SMILES string of the molecule is CCC(C)N[C@@](Cc1ccc(OC(C)=O)c(OC(C)=O)c1)(OC(=O)OC1CCCCC1)C(=O)O. The van der Waals surface area contributed by atoms with Crippen LogP contribution in [0.3, 0.4) is 0 Å². The van der Waals surface area contributed by atoms with E-state index in [-0.39, 0.29) is 30.1 Å². The maximum Gasteiger partial charge on any atom is 0.510 e. The van der Waals surface area contributed by atoms with E-state index in [1.54, 1.807) is 6.92 Å². The van der Waals surface area contributed by atoms with E-state index in [0.717, 1.165) is 19.3 Å². The Bertz CT molecular complexity index is 894. The van der Waals surface area contributed by atoms with Crippen LogP contribution in [-0.2, 0) is 30.3 Å². The number of benzene rings is 1. The molecule has 34 heavy (non-hydrogen) atoms. The van der Waals surface area contributed by atoms with Crippen LogP contribution in [0.5, 0.6) is 11.5 Å². The van der Waals surface area contributed by atoms with Gasteiger partial charge < -0.3 is 24.1 Å². The van der Waals surface area contributed by atoms with Gasteiger partial charge in [-0.25, -0.2) is 9.59 Å². The first-order chi connectivity index (χ1) is 16.0. The predicted molar refractivity (Wildman–Crippen MR) is 120 cm³/mol. The van der Waals surface area contributed by atoms with E-state index in [2.05, 4.69) is 5.32 Å². The Hall–Kier alpha value is -3.14. The van der Waals surface area contributed by atoms with E-state index in [1.807, 2.05) is 6.92 Å². The minimum atomic E-state index is -2.14. The third kappa shape index (κ3) is 8.02. The molecule has 0 saturated heterocycles. The molecule has 0 spiro atoms. The molecule has 1 unspecified atom stereocenters. The second-order valence-electron chi connectivity index (χ2n) is 8.46. The summed E-state index contributed by atoms with van der Waals surface area (Å²) in [6.07, 6.45) is 3.23. The summed E-state index contributed by atoms with van der Waals surface area (Å²) in [5.41, 5.74) is -1.78. The normalized spacial score (nSPS) is 16.6. The van der Waals surface area contributed by atoms with Gasteiger partial charge in [0.15, 0.2) is 11.5 Å². The van der Waals surface area contributed by atoms with Gasteiger partial charge in [0.25, 0.3) is 5.72 Å². The Kier molecular flexibility index (Phi) is 9.85. The lowest BCUT2D eigenvalue weighted by Crippen LogP contribution is -2.59. The van der Waals surface area contributed by atoms with Crippen LogP contribution in [0.25, 0.3) is 0 Å². The van der Waals surface area contributed by atoms with Crippen LogP contribution < -0.4 is 14.8 Å². The molecule has 2 N–H and O–H groups in total. The second-order valence-corrected chi connectivity index (χ2v) is 8.46. The molecule has 1 aliphatic rings. The maximum absolute atomic E-state index is 12.6. The molecule has 188 valence electrons. The molecule has 1 fully saturated rings. The Balaban J connectivity index is 2.35. The molecule has 10 nitrogen and oxygen atoms in total. The van der Waals surface area contributed by atoms with E-state index in [0.29, 0.717) is 24.8 Å². The number of aliphatic carboxylic acids is 1. The molecule has 10 heteroatoms. The molecule has 1 aliphatic carbocycles. The van der Waals surface area contributed by atoms with E-state index in [4.69, 9.17) is 18.9 Å². The van der Waals surface area contributed by atoms with Crippen LogP contribution in [0.4, 0.5) is 4.79 Å². The number of carboxylic acid groups (broad SMARTS) is 1. The number of carbonyl (C=O) groups excluding carboxylic acids is 3. The van der Waals surface area contributed by atoms with Gasteiger partial charge in [-0.1, -0.05) is 19.4 Å². The van der Waals surface area contributed by atoms with E-state index >= 15 is 0 Å². The number of hydrogen-bond acceptors (Lipinski definition) is 9. The number of esters is 2. The van der Waals surface area contributed by atoms with Crippen molar-refractivity contribution in [3.05, 3.63) is 23.8 Å². The minimum Gasteiger partial charge on any atom is -0.477 e. The highest BCUT2D eigenvalue weighted by molar-refractivity contribution is 5.80. The van der Waals surface area contributed by atoms with Crippen molar-refractivity contribution < 1.29 is 43.2 Å². The molecule has 0 aromatic heterocycles. The molecule has 0 aliphatic heterocycles. The molecule has 1 aromatic carbocycles. The van der Waals surface area contributed by atoms with Crippen molar-refractivity contribution in [1.82, 2.24) is 5.32 Å². The summed E-state index contributed by atoms with van der Waals surface area (Å²) in [7, 11) is 0. The number of ether oxygens (including phenoxy) is 4. The highest BCUT2D eigenvalue weighted by atomic mass is 16.7. The summed E-state index contributed by atoms with van der Waals surface area (Å²) in [6.45, 7) is 6.00. The van der Waals surface area contributed by atoms with E-state index < -0.39 is 29.8 Å². The van der Waals surface area contributed by atoms with E-state index in [9.17, 15) is 24.3 Å². The smallest absolute Gasteiger partial charge is 0.477 e. The molecule has 0 heterocycles. The summed E-state index contributed by atoms with van der Waals surface area (Å²) in [6, 6.07) is 3.93. The van der Waals surface area contributed by atoms with Crippen molar-refractivity contribution in [3.63, 3.8) is 0 Å². The summed E-state index contributed by atoms with van der Waals surface area (Å²) in [5.74, 6) is -2.74. The zero-order valence-corrected chi connectivity index (χ0v) is 20.0. The van der Waals surface area contributed by atoms with E-state index in [1.165, 1.54) is 32.0 Å². The minimum absolute atomic E-state index is 0.000105. The molecule has 1 saturated carbocycles. The molecule has 0 amide bonds. The van der Waals surface area contributed by atoms with Gasteiger partial charge in [0.2, 0.25) is 0 Å². The Morgan fingerprint density at radius 3 is 2.24 bits per heavy atom. The van der Waals surface area contributed by atoms with Crippen LogP contribution >= 0.6 is 0 Å². The Morgan fingerprint density at radius 2 is 1.68 bits per heavy atom. The first-order valence-corrected chi connectivity index (χ1v) is 11.4. The van der Waals surface area contributed by atoms with Gasteiger partial charge in [0.05, 0.1) is 0 Å². The standard InChI is InChI=1S/C24H33NO9/c1-5-15(2)25-24(22(28)29,34-23(30)33-19-9-7-6-8-10-19)14-18-11-12-20(31-16(3)26)21(13-18)32-17(4)27/h11-13,15,19,25H,5-10,14H2,1-4H3,(H,28,29)/t15?,24-/m0/s1. The van der Waals surface area contributed by atoms with Gasteiger partial charge in [0.1, 0.15) is 6.10 Å². The number of carbonyl (C=O) groups is 4. The Labute approximate surface area is 198 Å². The van der Waals surface area contributed by atoms with Gasteiger partial charge in [-0.2, -0.15) is 0 Å². The molecular formula is C24H33NO9. The van der Waals surface area contributed by atoms with Crippen LogP contribution in [-0.4, -0.2) is 47.0 Å². The highest BCUT2D eigenvalue weighted by Gasteiger charge is 2.45. The van der Waals surface area contributed by atoms with Crippen molar-refractivity contribution in [2.24, 2.45) is 0 Å². The van der Waals surface area contributed by atoms with Crippen LogP contribution in [0.15, 0.2) is 18.2 Å². The maximum atomic E-state index is 12.6. The van der Waals surface area contributed by atoms with Crippen molar-refractivity contribution in [1.29, 1.82) is 0 Å². The largest absolute Gasteiger partial charge is 0.510 e. The molecule has 2 atom stereocenters. The van der Waals surface area contributed by atoms with Crippen LogP contribution in [0.2, 0.25) is 0 Å². The third-order valence-corrected chi connectivity index (χ3v) is 5.48. The number of rotatable bonds is 10. The van der Waals surface area contributed by atoms with Crippen LogP contribution in [0, 0.1) is 0 Å². The fraction of sp³-hybridized carbons (Fsp3) is 0.583. The quantitative estimate of drug-likeness (QED) is 0.290. The van der Waals surface area contributed by atoms with Crippen molar-refractivity contribution in [3.8, 4) is 11.5 Å². The summed E-state index contributed by atoms with van der Waals surface area (Å²) in [4.78, 5) is 47.9. The average Bonchev–Trinajstić information content (AvgIpc) is 2.75. The highest BCUT2D eigenvalue weighted by Crippen LogP contribution is 2.31.